The first-order valence-corrected chi connectivity index (χ1v) is 17.9. The second-order valence-corrected chi connectivity index (χ2v) is 14.5. The minimum absolute atomic E-state index is 0.0105. The number of hydrogen-bond acceptors (Lipinski definition) is 1. The minimum Gasteiger partial charge on any atom is -0.376 e. The van der Waals surface area contributed by atoms with Crippen LogP contribution in [0.3, 0.4) is 0 Å². The fourth-order valence-corrected chi connectivity index (χ4v) is 10.1. The summed E-state index contributed by atoms with van der Waals surface area (Å²) in [6.07, 6.45) is 0. The molecule has 0 spiro atoms. The summed E-state index contributed by atoms with van der Waals surface area (Å²) in [5.41, 5.74) is 16.8. The van der Waals surface area contributed by atoms with Crippen molar-refractivity contribution in [2.45, 2.75) is 6.92 Å². The van der Waals surface area contributed by atoms with Crippen LogP contribution in [-0.2, 0) is 0 Å². The molecular weight excluding hydrogens is 617 g/mol. The number of fused-ring (bicyclic) bond motifs is 15. The fraction of sp³-hybridized carbons (Fsp3) is 0.0213. The molecule has 0 saturated carbocycles. The molecule has 0 fully saturated rings. The Morgan fingerprint density at radius 1 is 0.451 bits per heavy atom. The normalized spacial score (nSPS) is 13.5. The third kappa shape index (κ3) is 3.02. The van der Waals surface area contributed by atoms with E-state index in [9.17, 15) is 0 Å². The van der Waals surface area contributed by atoms with Crippen molar-refractivity contribution in [1.82, 2.24) is 8.97 Å². The monoisotopic (exact) mass is 645 g/mol. The summed E-state index contributed by atoms with van der Waals surface area (Å²) in [5.74, 6) is 0. The van der Waals surface area contributed by atoms with Crippen LogP contribution in [-0.4, -0.2) is 15.8 Å². The summed E-state index contributed by atoms with van der Waals surface area (Å²) < 4.78 is 5.09. The molecule has 0 radical (unpaired) electrons. The van der Waals surface area contributed by atoms with Crippen LogP contribution in [0.25, 0.3) is 87.5 Å². The summed E-state index contributed by atoms with van der Waals surface area (Å²) in [4.78, 5) is 2.67. The Labute approximate surface area is 293 Å². The number of rotatable bonds is 1. The van der Waals surface area contributed by atoms with Gasteiger partial charge in [-0.1, -0.05) is 115 Å². The van der Waals surface area contributed by atoms with Crippen molar-refractivity contribution in [3.8, 4) is 16.8 Å². The van der Waals surface area contributed by atoms with Gasteiger partial charge in [0.15, 0.2) is 0 Å². The zero-order chi connectivity index (χ0) is 33.1. The van der Waals surface area contributed by atoms with Crippen LogP contribution in [0.5, 0.6) is 0 Å². The Bertz CT molecular complexity index is 3350. The van der Waals surface area contributed by atoms with Crippen LogP contribution in [0, 0.1) is 6.92 Å². The van der Waals surface area contributed by atoms with E-state index in [0.29, 0.717) is 0 Å². The molecule has 2 aliphatic heterocycles. The van der Waals surface area contributed by atoms with Crippen molar-refractivity contribution in [3.05, 3.63) is 157 Å². The van der Waals surface area contributed by atoms with Gasteiger partial charge in [0.25, 0.3) is 0 Å². The molecule has 234 valence electrons. The highest BCUT2D eigenvalue weighted by molar-refractivity contribution is 6.94. The van der Waals surface area contributed by atoms with Crippen LogP contribution in [0.2, 0.25) is 0 Å². The predicted octanol–water partition coefficient (Wildman–Crippen LogP) is 10.6. The molecule has 0 saturated heterocycles. The average Bonchev–Trinajstić information content (AvgIpc) is 3.82. The van der Waals surface area contributed by atoms with Crippen molar-refractivity contribution in [1.29, 1.82) is 0 Å². The number of nitrogens with zero attached hydrogens (tertiary/aromatic N) is 3. The van der Waals surface area contributed by atoms with E-state index in [-0.39, 0.29) is 6.85 Å². The van der Waals surface area contributed by atoms with Gasteiger partial charge < -0.3 is 13.8 Å². The largest absolute Gasteiger partial charge is 0.376 e. The van der Waals surface area contributed by atoms with E-state index in [4.69, 9.17) is 0 Å². The number of anilines is 2. The summed E-state index contributed by atoms with van der Waals surface area (Å²) in [7, 11) is 0. The molecule has 0 atom stereocenters. The van der Waals surface area contributed by atoms with Gasteiger partial charge in [-0.05, 0) is 76.1 Å². The van der Waals surface area contributed by atoms with E-state index in [0.717, 1.165) is 0 Å². The Balaban J connectivity index is 1.29. The maximum Gasteiger partial charge on any atom is 0.333 e. The molecule has 2 aliphatic rings. The third-order valence-electron chi connectivity index (χ3n) is 12.1. The van der Waals surface area contributed by atoms with Crippen molar-refractivity contribution < 1.29 is 0 Å². The van der Waals surface area contributed by atoms with E-state index in [2.05, 4.69) is 172 Å². The minimum atomic E-state index is -0.0105. The SMILES string of the molecule is Cc1ccccc1N1B2c3c(cc4ccccc4c3-c3cc4c(cc31)c1cccc3c5ccccc5n4c31)-n1c3ccccc3c3cccc2c31. The van der Waals surface area contributed by atoms with Gasteiger partial charge in [-0.3, -0.25) is 0 Å². The van der Waals surface area contributed by atoms with Crippen molar-refractivity contribution >= 4 is 99.8 Å². The van der Waals surface area contributed by atoms with Crippen LogP contribution < -0.4 is 15.7 Å². The van der Waals surface area contributed by atoms with Gasteiger partial charge >= 0.3 is 6.85 Å². The molecular formula is C47H28BN3. The molecule has 8 aromatic carbocycles. The van der Waals surface area contributed by atoms with Crippen molar-refractivity contribution in [2.75, 3.05) is 4.81 Å². The van der Waals surface area contributed by atoms with Crippen LogP contribution in [0.1, 0.15) is 5.56 Å². The Kier molecular flexibility index (Phi) is 4.64. The Morgan fingerprint density at radius 2 is 1.10 bits per heavy atom. The summed E-state index contributed by atoms with van der Waals surface area (Å²) >= 11 is 0. The maximum absolute atomic E-state index is 2.67. The number of aryl methyl sites for hydroxylation is 1. The number of para-hydroxylation sites is 5. The third-order valence-corrected chi connectivity index (χ3v) is 12.1. The van der Waals surface area contributed by atoms with Gasteiger partial charge in [0.1, 0.15) is 0 Å². The smallest absolute Gasteiger partial charge is 0.333 e. The molecule has 11 aromatic rings. The van der Waals surface area contributed by atoms with Gasteiger partial charge in [-0.15, -0.1) is 0 Å². The summed E-state index contributed by atoms with van der Waals surface area (Å²) in [5, 5.41) is 10.4. The second-order valence-electron chi connectivity index (χ2n) is 14.5. The Hall–Kier alpha value is -6.52. The van der Waals surface area contributed by atoms with Crippen molar-refractivity contribution in [2.24, 2.45) is 0 Å². The Morgan fingerprint density at radius 3 is 1.94 bits per heavy atom. The van der Waals surface area contributed by atoms with Gasteiger partial charge in [0, 0.05) is 54.9 Å². The van der Waals surface area contributed by atoms with Crippen LogP contribution >= 0.6 is 0 Å². The molecule has 0 unspecified atom stereocenters. The molecule has 0 aliphatic carbocycles. The lowest BCUT2D eigenvalue weighted by Crippen LogP contribution is -2.60. The molecule has 51 heavy (non-hydrogen) atoms. The standard InChI is InChI=1S/C47H28BN3/c1-27-12-2-7-21-38(27)51-42-25-35-34-18-10-17-32-30-15-5-8-22-39(30)49(46(32)34)41(35)26-36(42)44-29-14-4-3-13-28(29)24-43-45(44)48(51)37-20-11-19-33-31-16-6-9-23-40(31)50(43)47(33)37/h2-26H,1H3. The quantitative estimate of drug-likeness (QED) is 0.162. The highest BCUT2D eigenvalue weighted by Crippen LogP contribution is 2.50. The molecule has 13 rings (SSSR count). The molecule has 0 bridgehead atoms. The molecule has 4 heteroatoms. The summed E-state index contributed by atoms with van der Waals surface area (Å²) in [6, 6.07) is 57.1. The number of aromatic nitrogens is 2. The van der Waals surface area contributed by atoms with E-state index >= 15 is 0 Å². The lowest BCUT2D eigenvalue weighted by Gasteiger charge is -2.43. The first-order chi connectivity index (χ1) is 25.3. The summed E-state index contributed by atoms with van der Waals surface area (Å²) in [6.45, 7) is 2.25. The van der Waals surface area contributed by atoms with Crippen LogP contribution in [0.4, 0.5) is 11.4 Å². The first-order valence-electron chi connectivity index (χ1n) is 17.9. The zero-order valence-electron chi connectivity index (χ0n) is 27.9. The molecule has 3 aromatic heterocycles. The molecule has 0 N–H and O–H groups in total. The van der Waals surface area contributed by atoms with E-state index < -0.39 is 0 Å². The first kappa shape index (κ1) is 26.4. The lowest BCUT2D eigenvalue weighted by molar-refractivity contribution is 1.18. The molecule has 5 heterocycles. The predicted molar refractivity (Wildman–Crippen MR) is 217 cm³/mol. The second kappa shape index (κ2) is 8.98. The maximum atomic E-state index is 2.67. The van der Waals surface area contributed by atoms with Crippen molar-refractivity contribution in [3.63, 3.8) is 0 Å². The van der Waals surface area contributed by atoms with Gasteiger partial charge in [0.05, 0.1) is 27.6 Å². The number of benzene rings is 8. The highest BCUT2D eigenvalue weighted by Gasteiger charge is 2.45. The molecule has 0 amide bonds. The van der Waals surface area contributed by atoms with E-state index in [1.807, 2.05) is 0 Å². The number of hydrogen-bond donors (Lipinski definition) is 0. The topological polar surface area (TPSA) is 12.6 Å². The average molecular weight is 646 g/mol. The van der Waals surface area contributed by atoms with Crippen LogP contribution in [0.15, 0.2) is 152 Å². The molecule has 3 nitrogen and oxygen atoms in total. The van der Waals surface area contributed by atoms with E-state index in [1.165, 1.54) is 115 Å². The zero-order valence-corrected chi connectivity index (χ0v) is 27.9. The lowest BCUT2D eigenvalue weighted by atomic mass is 9.43. The van der Waals surface area contributed by atoms with Gasteiger partial charge in [-0.2, -0.15) is 0 Å². The fourth-order valence-electron chi connectivity index (χ4n) is 10.1. The highest BCUT2D eigenvalue weighted by atomic mass is 15.1. The van der Waals surface area contributed by atoms with Gasteiger partial charge in [-0.25, -0.2) is 0 Å². The van der Waals surface area contributed by atoms with E-state index in [1.54, 1.807) is 0 Å². The van der Waals surface area contributed by atoms with Gasteiger partial charge in [0.2, 0.25) is 0 Å².